The van der Waals surface area contributed by atoms with Gasteiger partial charge in [0.25, 0.3) is 0 Å². The second-order valence-corrected chi connectivity index (χ2v) is 23.5. The van der Waals surface area contributed by atoms with E-state index in [1.54, 1.807) is 0 Å². The molecule has 0 aromatic rings. The number of likely N-dealkylation sites (tertiary alicyclic amines) is 5. The molecule has 0 aromatic carbocycles. The average Bonchev–Trinajstić information content (AvgIpc) is 3.17. The first-order valence-electron chi connectivity index (χ1n) is 25.7. The summed E-state index contributed by atoms with van der Waals surface area (Å²) in [5.74, 6) is 7.67. The molecular weight excluding hydrogens is 2080 g/mol. The Bertz CT molecular complexity index is 1440. The third kappa shape index (κ3) is 38.8. The standard InChI is InChI=1S/C10H21N3O.2C10H21N.C9H19N2O2S.C9H20N2.CNO.ClO2S.I2.2Re.2Rf/c1-7(2)13-5-9(6-13)8(3)4-12-10(11)14;2*1-5-9(4)10-6-11(7-10)8(2)3;1-7(2)11-5-9(6-11)8(3)4-10-14(12)13;1-7(2)11-5-9(6-11)8(3)4-10;2-1-3;1-4(2)3;1-2;;;;/h7-9H,4-6H2,1-3H3,(H3,11,12,14);2*8-10H,5-7H2,1-4H3;7-9H,4-6H2,1-3H3,(H,10,12,13);7-9H,4-6,10H2,1-3H3;;;;;;;/q;;;-1;;2*-1;;;;;/p-1. The van der Waals surface area contributed by atoms with E-state index in [9.17, 15) is 13.2 Å². The van der Waals surface area contributed by atoms with Crippen LogP contribution in [0, 0.1) is 59.2 Å². The van der Waals surface area contributed by atoms with Crippen LogP contribution in [0.5, 0.6) is 0 Å². The third-order valence-electron chi connectivity index (χ3n) is 15.1. The van der Waals surface area contributed by atoms with Crippen LogP contribution in [0.4, 0.5) is 4.79 Å². The number of hydrogen-bond acceptors (Lipinski definition) is 14. The van der Waals surface area contributed by atoms with E-state index < -0.39 is 26.8 Å². The van der Waals surface area contributed by atoms with Gasteiger partial charge in [-0.15, -0.1) is 0 Å². The molecule has 0 spiro atoms. The summed E-state index contributed by atoms with van der Waals surface area (Å²) in [7, 11) is -0.309. The molecule has 0 bridgehead atoms. The number of nitrogens with one attached hydrogen (secondary N) is 3. The first kappa shape index (κ1) is 87.2. The second kappa shape index (κ2) is 49.4. The van der Waals surface area contributed by atoms with Gasteiger partial charge in [0.1, 0.15) is 6.03 Å². The molecule has 16 nitrogen and oxygen atoms in total. The third-order valence-corrected chi connectivity index (χ3v) is 15.5. The first-order chi connectivity index (χ1) is 32.6. The van der Waals surface area contributed by atoms with Crippen LogP contribution in [0.2, 0.25) is 0 Å². The van der Waals surface area contributed by atoms with Gasteiger partial charge in [-0.3, -0.25) is 9.59 Å². The average molecular weight is 2190 g/mol. The zero-order chi connectivity index (χ0) is 55.0. The molecule has 0 saturated carbocycles. The van der Waals surface area contributed by atoms with Crippen molar-refractivity contribution in [3.05, 3.63) is 11.1 Å². The summed E-state index contributed by atoms with van der Waals surface area (Å²) in [6.07, 6.45) is 3.19. The molecule has 5 unspecified atom stereocenters. The fraction of sp³-hybridized carbons (Fsp3) is 0.959. The Morgan fingerprint density at radius 3 is 0.946 bits per heavy atom. The van der Waals surface area contributed by atoms with Gasteiger partial charge in [-0.05, 0) is 165 Å². The minimum Gasteiger partial charge on any atom is -0.724 e. The van der Waals surface area contributed by atoms with Gasteiger partial charge in [0.15, 0.2) is 0 Å². The maximum atomic E-state index is 10.4. The van der Waals surface area contributed by atoms with Crippen LogP contribution in [-0.2, 0) is 83.3 Å². The van der Waals surface area contributed by atoms with Gasteiger partial charge in [0, 0.05) is 184 Å². The van der Waals surface area contributed by atoms with Crippen LogP contribution in [0.15, 0.2) is 0 Å². The van der Waals surface area contributed by atoms with E-state index in [4.69, 9.17) is 30.1 Å². The summed E-state index contributed by atoms with van der Waals surface area (Å²) in [6, 6.07) is 2.81. The fourth-order valence-corrected chi connectivity index (χ4v) is 8.70. The van der Waals surface area contributed by atoms with Crippen LogP contribution in [0.3, 0.4) is 0 Å². The zero-order valence-corrected chi connectivity index (χ0v) is 73.5. The second-order valence-electron chi connectivity index (χ2n) is 21.6. The summed E-state index contributed by atoms with van der Waals surface area (Å²) in [4.78, 5) is 31.1. The molecule has 25 heteroatoms. The minimum absolute atomic E-state index is 0. The van der Waals surface area contributed by atoms with E-state index in [0.29, 0.717) is 60.8 Å². The molecular formula is C49H101ClI2N10O6Re2Rf2S2-4. The fourth-order valence-electron chi connectivity index (χ4n) is 8.30. The zero-order valence-electron chi connectivity index (χ0n) is 48.6. The quantitative estimate of drug-likeness (QED) is 0.0384. The molecule has 5 aliphatic rings. The van der Waals surface area contributed by atoms with E-state index in [0.717, 1.165) is 80.4 Å². The van der Waals surface area contributed by atoms with Crippen molar-refractivity contribution >= 4 is 80.8 Å². The Balaban J connectivity index is -0.000000144. The van der Waals surface area contributed by atoms with Gasteiger partial charge in [-0.25, -0.2) is 0 Å². The number of nitrogens with two attached hydrogens (primary N) is 1. The van der Waals surface area contributed by atoms with Gasteiger partial charge in [0.05, 0.1) is 0 Å². The smallest absolute Gasteiger partial charge is 0.150 e. The summed E-state index contributed by atoms with van der Waals surface area (Å²) in [5.41, 5.74) is 12.3. The summed E-state index contributed by atoms with van der Waals surface area (Å²) >= 11 is 4.24. The number of nitrogens with zero attached hydrogens (tertiary/aromatic N) is 6. The van der Waals surface area contributed by atoms with Crippen LogP contribution >= 0.6 is 47.9 Å². The van der Waals surface area contributed by atoms with Crippen molar-refractivity contribution in [1.82, 2.24) is 34.5 Å². The molecule has 5 atom stereocenters. The number of rotatable bonds is 18. The minimum atomic E-state index is -2.39. The Hall–Kier alpha value is -0.655. The Labute approximate surface area is 499 Å². The SMILES string of the molecule is CC(CN)C1CN(C(C)C)C1.CC(CNC([NH-])=O)C1CN(C(C)C)C1.CC(CN[S-](=O)=O)C1CN(C(C)C)C1.CCC(C)C1CN(C(C)C)C1.CCC(C)C1CN(C(C)C)C1.II.O=[S-](=O)Cl.[N-]=C=O.[Re].[Re].[Rf].[Rf]. The van der Waals surface area contributed by atoms with E-state index >= 15 is 0 Å². The molecule has 2 radical (unpaired) electrons. The van der Waals surface area contributed by atoms with Crippen LogP contribution < -0.4 is 15.8 Å². The van der Waals surface area contributed by atoms with Crippen LogP contribution in [0.1, 0.15) is 131 Å². The van der Waals surface area contributed by atoms with Crippen LogP contribution in [0.25, 0.3) is 11.1 Å². The first-order valence-corrected chi connectivity index (χ1v) is 35.0. The Morgan fingerprint density at radius 1 is 0.568 bits per heavy atom. The molecule has 438 valence electrons. The molecule has 5 rings (SSSR count). The van der Waals surface area contributed by atoms with Crippen LogP contribution in [-0.4, -0.2) is 152 Å². The predicted molar refractivity (Wildman–Crippen MR) is 313 cm³/mol. The normalized spacial score (nSPS) is 19.2. The number of urea groups is 1. The number of amides is 2. The number of halogens is 3. The maximum Gasteiger partial charge on any atom is 0.150 e. The largest absolute Gasteiger partial charge is 0.724 e. The van der Waals surface area contributed by atoms with Gasteiger partial charge >= 0.3 is 0 Å². The molecule has 74 heavy (non-hydrogen) atoms. The Kier molecular flexibility index (Phi) is 58.2. The molecule has 5 aliphatic heterocycles. The van der Waals surface area contributed by atoms with E-state index in [1.165, 1.54) is 52.1 Å². The van der Waals surface area contributed by atoms with Gasteiger partial charge < -0.3 is 68.3 Å². The van der Waals surface area contributed by atoms with Crippen molar-refractivity contribution in [2.24, 2.45) is 64.9 Å². The van der Waals surface area contributed by atoms with Crippen molar-refractivity contribution < 1.29 is 67.3 Å². The van der Waals surface area contributed by atoms with Crippen molar-refractivity contribution in [2.45, 2.75) is 161 Å². The molecule has 5 N–H and O–H groups in total. The van der Waals surface area contributed by atoms with Crippen molar-refractivity contribution in [3.63, 3.8) is 0 Å². The number of hydrogen-bond donors (Lipinski definition) is 3. The van der Waals surface area contributed by atoms with E-state index in [2.05, 4.69) is 200 Å². The van der Waals surface area contributed by atoms with Crippen molar-refractivity contribution in [3.8, 4) is 0 Å². The molecule has 2 amide bonds. The summed E-state index contributed by atoms with van der Waals surface area (Å²) in [6.45, 7) is 52.6. The summed E-state index contributed by atoms with van der Waals surface area (Å²) < 4.78 is 40.5. The summed E-state index contributed by atoms with van der Waals surface area (Å²) in [5, 5.41) is 9.31. The maximum absolute atomic E-state index is 10.4. The molecule has 0 aliphatic carbocycles. The van der Waals surface area contributed by atoms with Gasteiger partial charge in [-0.2, -0.15) is 10.7 Å². The monoisotopic (exact) mass is 2190 g/mol. The number of isocyanates is 1. The molecule has 5 heterocycles. The van der Waals surface area contributed by atoms with Gasteiger partial charge in [0.2, 0.25) is 0 Å². The predicted octanol–water partition coefficient (Wildman–Crippen LogP) is 10.3. The van der Waals surface area contributed by atoms with E-state index in [1.807, 2.05) is 0 Å². The number of carbonyl (C=O) groups is 1. The Morgan fingerprint density at radius 2 is 0.770 bits per heavy atom. The van der Waals surface area contributed by atoms with E-state index in [-0.39, 0.29) is 40.8 Å². The topological polar surface area (TPSA) is 215 Å². The van der Waals surface area contributed by atoms with Gasteiger partial charge in [-0.1, -0.05) is 61.3 Å². The van der Waals surface area contributed by atoms with Crippen molar-refractivity contribution in [1.29, 1.82) is 0 Å². The molecule has 0 aromatic heterocycles. The molecule has 5 saturated heterocycles. The number of carbonyl (C=O) groups excluding carboxylic acids is 2. The van der Waals surface area contributed by atoms with Crippen molar-refractivity contribution in [2.75, 3.05) is 85.1 Å². The molecule has 5 fully saturated rings.